The first-order valence-electron chi connectivity index (χ1n) is 11.0. The third-order valence-corrected chi connectivity index (χ3v) is 5.97. The highest BCUT2D eigenvalue weighted by Gasteiger charge is 2.35. The van der Waals surface area contributed by atoms with Gasteiger partial charge in [0, 0.05) is 60.9 Å². The van der Waals surface area contributed by atoms with Crippen LogP contribution in [0, 0.1) is 12.7 Å². The molecule has 10 heteroatoms. The molecule has 2 atom stereocenters. The van der Waals surface area contributed by atoms with Gasteiger partial charge in [0.25, 0.3) is 0 Å². The monoisotopic (exact) mass is 472 g/mol. The molecule has 3 aromatic heterocycles. The van der Waals surface area contributed by atoms with Gasteiger partial charge in [-0.2, -0.15) is 13.2 Å². The third-order valence-electron chi connectivity index (χ3n) is 5.97. The summed E-state index contributed by atoms with van der Waals surface area (Å²) in [6.07, 6.45) is 0.0661. The maximum Gasteiger partial charge on any atom is 0.417 e. The van der Waals surface area contributed by atoms with Crippen molar-refractivity contribution in [2.24, 2.45) is 0 Å². The number of hydrogen-bond donors (Lipinski definition) is 2. The number of nitrogens with zero attached hydrogens (tertiary/aromatic N) is 4. The molecule has 34 heavy (non-hydrogen) atoms. The van der Waals surface area contributed by atoms with Gasteiger partial charge in [-0.15, -0.1) is 0 Å². The predicted octanol–water partition coefficient (Wildman–Crippen LogP) is 5.28. The molecule has 0 bridgehead atoms. The van der Waals surface area contributed by atoms with Crippen LogP contribution in [0.1, 0.15) is 25.1 Å². The Labute approximate surface area is 193 Å². The van der Waals surface area contributed by atoms with Gasteiger partial charge in [0.05, 0.1) is 16.9 Å². The van der Waals surface area contributed by atoms with Crippen molar-refractivity contribution in [3.05, 3.63) is 59.9 Å². The van der Waals surface area contributed by atoms with Crippen molar-refractivity contribution in [2.45, 2.75) is 39.0 Å². The molecule has 1 aromatic carbocycles. The molecule has 0 amide bonds. The number of nitrogens with one attached hydrogen (secondary N) is 2. The lowest BCUT2D eigenvalue weighted by Crippen LogP contribution is -2.54. The summed E-state index contributed by atoms with van der Waals surface area (Å²) >= 11 is 0. The fourth-order valence-electron chi connectivity index (χ4n) is 4.72. The number of aromatic nitrogens is 3. The van der Waals surface area contributed by atoms with Gasteiger partial charge in [0.1, 0.15) is 5.82 Å². The number of anilines is 3. The number of halogens is 4. The van der Waals surface area contributed by atoms with E-state index in [9.17, 15) is 17.6 Å². The lowest BCUT2D eigenvalue weighted by Gasteiger charge is -2.38. The first-order valence-corrected chi connectivity index (χ1v) is 11.0. The molecule has 1 aliphatic rings. The first kappa shape index (κ1) is 22.4. The van der Waals surface area contributed by atoms with Crippen LogP contribution in [0.5, 0.6) is 0 Å². The van der Waals surface area contributed by atoms with Crippen LogP contribution in [0.2, 0.25) is 0 Å². The molecule has 0 aliphatic carbocycles. The molecule has 1 saturated heterocycles. The highest BCUT2D eigenvalue weighted by atomic mass is 19.4. The number of aryl methyl sites for hydroxylation is 1. The number of pyridine rings is 2. The zero-order valence-electron chi connectivity index (χ0n) is 18.9. The molecule has 4 heterocycles. The molecule has 0 unspecified atom stereocenters. The van der Waals surface area contributed by atoms with Crippen molar-refractivity contribution in [3.8, 4) is 0 Å². The number of piperazine rings is 1. The Hall–Kier alpha value is -3.40. The van der Waals surface area contributed by atoms with Gasteiger partial charge < -0.3 is 19.9 Å². The van der Waals surface area contributed by atoms with Crippen LogP contribution in [-0.2, 0) is 6.18 Å². The minimum atomic E-state index is -4.60. The molecule has 4 aromatic rings. The number of alkyl halides is 3. The van der Waals surface area contributed by atoms with E-state index in [4.69, 9.17) is 0 Å². The summed E-state index contributed by atoms with van der Waals surface area (Å²) in [5.74, 6) is -0.576. The van der Waals surface area contributed by atoms with Crippen LogP contribution in [-0.4, -0.2) is 39.5 Å². The molecule has 5 rings (SSSR count). The lowest BCUT2D eigenvalue weighted by molar-refractivity contribution is -0.136. The highest BCUT2D eigenvalue weighted by molar-refractivity contribution is 5.98. The van der Waals surface area contributed by atoms with Crippen LogP contribution in [0.4, 0.5) is 34.8 Å². The van der Waals surface area contributed by atoms with E-state index in [1.165, 1.54) is 22.7 Å². The topological polar surface area (TPSA) is 57.5 Å². The standard InChI is InChI=1S/C24H24F4N6/c1-13-9-33(10-14(2)30-13)18-6-16-4-5-29-22(21(16)19(8-18)24(26,27)28)32-17-7-20(25)23-31-15(3)11-34(23)12-17/h4-8,11-14,30H,9-10H2,1-3H3,(H,29,32)/t13-,14+. The maximum absolute atomic E-state index is 14.5. The zero-order chi connectivity index (χ0) is 24.2. The molecule has 0 radical (unpaired) electrons. The molecule has 0 saturated carbocycles. The summed E-state index contributed by atoms with van der Waals surface area (Å²) in [6, 6.07) is 6.01. The van der Waals surface area contributed by atoms with E-state index < -0.39 is 17.6 Å². The van der Waals surface area contributed by atoms with Crippen molar-refractivity contribution in [1.29, 1.82) is 0 Å². The molecule has 0 spiro atoms. The maximum atomic E-state index is 14.5. The molecule has 178 valence electrons. The van der Waals surface area contributed by atoms with Gasteiger partial charge in [0.15, 0.2) is 11.5 Å². The molecule has 1 aliphatic heterocycles. The second kappa shape index (κ2) is 8.12. The summed E-state index contributed by atoms with van der Waals surface area (Å²) in [5, 5.41) is 6.63. The average molecular weight is 472 g/mol. The summed E-state index contributed by atoms with van der Waals surface area (Å²) in [4.78, 5) is 10.3. The smallest absolute Gasteiger partial charge is 0.368 e. The molecule has 1 fully saturated rings. The van der Waals surface area contributed by atoms with Gasteiger partial charge in [0.2, 0.25) is 0 Å². The normalized spacial score (nSPS) is 19.2. The fraction of sp³-hybridized carbons (Fsp3) is 0.333. The highest BCUT2D eigenvalue weighted by Crippen LogP contribution is 2.41. The van der Waals surface area contributed by atoms with Crippen LogP contribution in [0.15, 0.2) is 42.9 Å². The molecule has 6 nitrogen and oxygen atoms in total. The summed E-state index contributed by atoms with van der Waals surface area (Å²) in [7, 11) is 0. The second-order valence-electron chi connectivity index (χ2n) is 8.94. The first-order chi connectivity index (χ1) is 16.1. The van der Waals surface area contributed by atoms with Crippen molar-refractivity contribution in [1.82, 2.24) is 19.7 Å². The Balaban J connectivity index is 1.62. The van der Waals surface area contributed by atoms with Crippen molar-refractivity contribution in [2.75, 3.05) is 23.3 Å². The van der Waals surface area contributed by atoms with Crippen LogP contribution in [0.25, 0.3) is 16.4 Å². The SMILES string of the molecule is Cc1cn2cc(Nc3nccc4cc(N5C[C@@H](C)N[C@@H](C)C5)cc(C(F)(F)F)c34)cc(F)c2n1. The van der Waals surface area contributed by atoms with Gasteiger partial charge in [-0.05, 0) is 44.4 Å². The number of imidazole rings is 1. The second-order valence-corrected chi connectivity index (χ2v) is 8.94. The lowest BCUT2D eigenvalue weighted by atomic mass is 10.0. The quantitative estimate of drug-likeness (QED) is 0.398. The van der Waals surface area contributed by atoms with E-state index in [1.54, 1.807) is 31.5 Å². The van der Waals surface area contributed by atoms with Crippen molar-refractivity contribution in [3.63, 3.8) is 0 Å². The van der Waals surface area contributed by atoms with E-state index in [-0.39, 0.29) is 34.6 Å². The van der Waals surface area contributed by atoms with E-state index >= 15 is 0 Å². The average Bonchev–Trinajstić information content (AvgIpc) is 3.12. The largest absolute Gasteiger partial charge is 0.417 e. The van der Waals surface area contributed by atoms with Crippen molar-refractivity contribution >= 4 is 33.6 Å². The fourth-order valence-corrected chi connectivity index (χ4v) is 4.72. The molecule has 2 N–H and O–H groups in total. The Morgan fingerprint density at radius 3 is 2.53 bits per heavy atom. The number of benzene rings is 1. The number of fused-ring (bicyclic) bond motifs is 2. The minimum absolute atomic E-state index is 0.00834. The van der Waals surface area contributed by atoms with Crippen molar-refractivity contribution < 1.29 is 17.6 Å². The minimum Gasteiger partial charge on any atom is -0.368 e. The Morgan fingerprint density at radius 1 is 1.09 bits per heavy atom. The third kappa shape index (κ3) is 4.13. The van der Waals surface area contributed by atoms with E-state index in [0.29, 0.717) is 29.9 Å². The van der Waals surface area contributed by atoms with E-state index in [1.807, 2.05) is 18.7 Å². The summed E-state index contributed by atoms with van der Waals surface area (Å²) in [5.41, 5.74) is 0.772. The Bertz CT molecular complexity index is 1370. The van der Waals surface area contributed by atoms with Crippen LogP contribution >= 0.6 is 0 Å². The molecular weight excluding hydrogens is 448 g/mol. The number of rotatable bonds is 3. The van der Waals surface area contributed by atoms with E-state index in [2.05, 4.69) is 20.6 Å². The zero-order valence-corrected chi connectivity index (χ0v) is 18.9. The van der Waals surface area contributed by atoms with Gasteiger partial charge in [-0.1, -0.05) is 0 Å². The Morgan fingerprint density at radius 2 is 1.82 bits per heavy atom. The number of hydrogen-bond acceptors (Lipinski definition) is 5. The van der Waals surface area contributed by atoms with E-state index in [0.717, 1.165) is 0 Å². The van der Waals surface area contributed by atoms with Gasteiger partial charge >= 0.3 is 6.18 Å². The Kier molecular flexibility index (Phi) is 5.35. The summed E-state index contributed by atoms with van der Waals surface area (Å²) < 4.78 is 58.8. The van der Waals surface area contributed by atoms with Gasteiger partial charge in [-0.25, -0.2) is 14.4 Å². The molecular formula is C24H24F4N6. The predicted molar refractivity (Wildman–Crippen MR) is 124 cm³/mol. The summed E-state index contributed by atoms with van der Waals surface area (Å²) in [6.45, 7) is 6.97. The van der Waals surface area contributed by atoms with Crippen LogP contribution in [0.3, 0.4) is 0 Å². The van der Waals surface area contributed by atoms with Gasteiger partial charge in [-0.3, -0.25) is 0 Å². The van der Waals surface area contributed by atoms with Crippen LogP contribution < -0.4 is 15.5 Å².